The number of nitrogens with zero attached hydrogens (tertiary/aromatic N) is 1. The summed E-state index contributed by atoms with van der Waals surface area (Å²) in [4.78, 5) is -0.00721. The van der Waals surface area contributed by atoms with Crippen molar-refractivity contribution in [3.63, 3.8) is 0 Å². The molecule has 0 fully saturated rings. The molecular weight excluding hydrogens is 344 g/mol. The summed E-state index contributed by atoms with van der Waals surface area (Å²) in [5.41, 5.74) is 0.676. The third-order valence-electron chi connectivity index (χ3n) is 3.36. The zero-order valence-electron chi connectivity index (χ0n) is 12.0. The summed E-state index contributed by atoms with van der Waals surface area (Å²) < 4.78 is 48.9. The Labute approximate surface area is 134 Å². The van der Waals surface area contributed by atoms with E-state index in [0.29, 0.717) is 5.56 Å². The third kappa shape index (κ3) is 3.39. The number of benzene rings is 1. The second kappa shape index (κ2) is 6.09. The molecule has 0 saturated carbocycles. The van der Waals surface area contributed by atoms with E-state index < -0.39 is 26.1 Å². The molecule has 0 aliphatic rings. The van der Waals surface area contributed by atoms with Crippen LogP contribution < -0.4 is 5.14 Å². The van der Waals surface area contributed by atoms with Gasteiger partial charge in [0.1, 0.15) is 4.21 Å². The van der Waals surface area contributed by atoms with Crippen molar-refractivity contribution in [3.8, 4) is 0 Å². The van der Waals surface area contributed by atoms with Gasteiger partial charge in [0.2, 0.25) is 10.0 Å². The van der Waals surface area contributed by atoms with Crippen LogP contribution in [0.4, 0.5) is 0 Å². The van der Waals surface area contributed by atoms with E-state index >= 15 is 0 Å². The van der Waals surface area contributed by atoms with Crippen LogP contribution in [0, 0.1) is 0 Å². The Kier molecular flexibility index (Phi) is 4.73. The smallest absolute Gasteiger partial charge is 0.225 e. The molecule has 22 heavy (non-hydrogen) atoms. The molecule has 1 aromatic carbocycles. The molecule has 0 aliphatic carbocycles. The lowest BCUT2D eigenvalue weighted by Crippen LogP contribution is -2.29. The maximum atomic E-state index is 12.5. The lowest BCUT2D eigenvalue weighted by Gasteiger charge is -2.24. The van der Waals surface area contributed by atoms with Gasteiger partial charge in [0.25, 0.3) is 10.0 Å². The Hall–Kier alpha value is -1.26. The average Bonchev–Trinajstić information content (AvgIpc) is 3.00. The fourth-order valence-electron chi connectivity index (χ4n) is 1.91. The molecule has 2 rings (SSSR count). The first-order valence-corrected chi connectivity index (χ1v) is 10.1. The number of sulfonamides is 2. The van der Waals surface area contributed by atoms with Crippen molar-refractivity contribution in [1.82, 2.24) is 4.31 Å². The van der Waals surface area contributed by atoms with Crippen molar-refractivity contribution in [2.24, 2.45) is 5.14 Å². The van der Waals surface area contributed by atoms with Crippen LogP contribution >= 0.6 is 11.3 Å². The zero-order chi connectivity index (χ0) is 16.5. The van der Waals surface area contributed by atoms with Gasteiger partial charge in [0, 0.05) is 13.1 Å². The van der Waals surface area contributed by atoms with Crippen LogP contribution in [0.15, 0.2) is 50.9 Å². The van der Waals surface area contributed by atoms with Gasteiger partial charge in [-0.2, -0.15) is 4.31 Å². The summed E-state index contributed by atoms with van der Waals surface area (Å²) in [7, 11) is -5.84. The first-order valence-electron chi connectivity index (χ1n) is 6.28. The molecule has 2 aromatic rings. The summed E-state index contributed by atoms with van der Waals surface area (Å²) in [5.74, 6) is 0. The Balaban J connectivity index is 2.30. The highest BCUT2D eigenvalue weighted by Crippen LogP contribution is 2.28. The quantitative estimate of drug-likeness (QED) is 0.879. The van der Waals surface area contributed by atoms with Gasteiger partial charge in [-0.15, -0.1) is 11.3 Å². The standard InChI is InChI=1S/C13H16N2O4S3/c1-10(11-5-7-12(8-6-11)21(14,16)17)15(2)22(18,19)13-4-3-9-20-13/h3-10H,1-2H3,(H2,14,16,17). The van der Waals surface area contributed by atoms with Crippen molar-refractivity contribution in [2.45, 2.75) is 22.1 Å². The van der Waals surface area contributed by atoms with Gasteiger partial charge in [0.05, 0.1) is 4.90 Å². The van der Waals surface area contributed by atoms with Crippen LogP contribution in [-0.2, 0) is 20.0 Å². The van der Waals surface area contributed by atoms with Gasteiger partial charge < -0.3 is 0 Å². The maximum absolute atomic E-state index is 12.5. The highest BCUT2D eigenvalue weighted by atomic mass is 32.2. The molecule has 1 heterocycles. The molecule has 1 unspecified atom stereocenters. The SMILES string of the molecule is CC(c1ccc(S(N)(=O)=O)cc1)N(C)S(=O)(=O)c1cccs1. The molecule has 120 valence electrons. The highest BCUT2D eigenvalue weighted by molar-refractivity contribution is 7.91. The maximum Gasteiger partial charge on any atom is 0.252 e. The average molecular weight is 360 g/mol. The molecule has 9 heteroatoms. The van der Waals surface area contributed by atoms with Crippen LogP contribution in [0.5, 0.6) is 0 Å². The summed E-state index contributed by atoms with van der Waals surface area (Å²) in [5, 5.41) is 6.74. The van der Waals surface area contributed by atoms with Crippen LogP contribution in [0.1, 0.15) is 18.5 Å². The molecule has 2 N–H and O–H groups in total. The van der Waals surface area contributed by atoms with E-state index in [-0.39, 0.29) is 9.10 Å². The van der Waals surface area contributed by atoms with Gasteiger partial charge in [-0.05, 0) is 36.1 Å². The second-order valence-corrected chi connectivity index (χ2v) is 9.48. The second-order valence-electron chi connectivity index (χ2n) is 4.74. The van der Waals surface area contributed by atoms with E-state index in [4.69, 9.17) is 5.14 Å². The summed E-state index contributed by atoms with van der Waals surface area (Å²) >= 11 is 1.15. The van der Waals surface area contributed by atoms with E-state index in [9.17, 15) is 16.8 Å². The van der Waals surface area contributed by atoms with Crippen molar-refractivity contribution in [3.05, 3.63) is 47.3 Å². The monoisotopic (exact) mass is 360 g/mol. The first kappa shape index (κ1) is 17.1. The molecule has 6 nitrogen and oxygen atoms in total. The van der Waals surface area contributed by atoms with Crippen LogP contribution in [0.2, 0.25) is 0 Å². The van der Waals surface area contributed by atoms with E-state index in [1.165, 1.54) is 23.5 Å². The Morgan fingerprint density at radius 3 is 2.14 bits per heavy atom. The summed E-state index contributed by atoms with van der Waals surface area (Å²) in [6, 6.07) is 8.64. The van der Waals surface area contributed by atoms with E-state index in [2.05, 4.69) is 0 Å². The molecule has 1 aromatic heterocycles. The van der Waals surface area contributed by atoms with Crippen molar-refractivity contribution in [2.75, 3.05) is 7.05 Å². The first-order chi connectivity index (χ1) is 10.1. The Morgan fingerprint density at radius 1 is 1.09 bits per heavy atom. The van der Waals surface area contributed by atoms with Crippen molar-refractivity contribution >= 4 is 31.4 Å². The lowest BCUT2D eigenvalue weighted by molar-refractivity contribution is 0.399. The predicted octanol–water partition coefficient (Wildman–Crippen LogP) is 1.78. The number of hydrogen-bond donors (Lipinski definition) is 1. The minimum Gasteiger partial charge on any atom is -0.225 e. The molecule has 0 amide bonds. The third-order valence-corrected chi connectivity index (χ3v) is 7.60. The van der Waals surface area contributed by atoms with Gasteiger partial charge in [-0.3, -0.25) is 0 Å². The van der Waals surface area contributed by atoms with Gasteiger partial charge >= 0.3 is 0 Å². The predicted molar refractivity (Wildman–Crippen MR) is 85.5 cm³/mol. The fraction of sp³-hybridized carbons (Fsp3) is 0.231. The van der Waals surface area contributed by atoms with Crippen molar-refractivity contribution in [1.29, 1.82) is 0 Å². The number of nitrogens with two attached hydrogens (primary N) is 1. The fourth-order valence-corrected chi connectivity index (χ4v) is 4.95. The molecular formula is C13H16N2O4S3. The number of hydrogen-bond acceptors (Lipinski definition) is 5. The van der Waals surface area contributed by atoms with Gasteiger partial charge in [-0.25, -0.2) is 22.0 Å². The minimum atomic E-state index is -3.76. The van der Waals surface area contributed by atoms with Crippen molar-refractivity contribution < 1.29 is 16.8 Å². The van der Waals surface area contributed by atoms with E-state index in [1.807, 2.05) is 0 Å². The Morgan fingerprint density at radius 2 is 1.68 bits per heavy atom. The van der Waals surface area contributed by atoms with E-state index in [0.717, 1.165) is 11.3 Å². The molecule has 0 spiro atoms. The zero-order valence-corrected chi connectivity index (χ0v) is 14.5. The Bertz CT molecular complexity index is 841. The minimum absolute atomic E-state index is 0.00721. The number of thiophene rings is 1. The molecule has 0 bridgehead atoms. The molecule has 0 radical (unpaired) electrons. The molecule has 0 saturated heterocycles. The van der Waals surface area contributed by atoms with Crippen LogP contribution in [0.25, 0.3) is 0 Å². The van der Waals surface area contributed by atoms with E-state index in [1.54, 1.807) is 36.6 Å². The molecule has 1 atom stereocenters. The highest BCUT2D eigenvalue weighted by Gasteiger charge is 2.27. The normalized spacial score (nSPS) is 14.2. The summed E-state index contributed by atoms with van der Waals surface area (Å²) in [6.07, 6.45) is 0. The number of rotatable bonds is 5. The largest absolute Gasteiger partial charge is 0.252 e. The lowest BCUT2D eigenvalue weighted by atomic mass is 10.1. The topological polar surface area (TPSA) is 97.5 Å². The van der Waals surface area contributed by atoms with Gasteiger partial charge in [0.15, 0.2) is 0 Å². The summed E-state index contributed by atoms with van der Waals surface area (Å²) in [6.45, 7) is 1.73. The molecule has 0 aliphatic heterocycles. The van der Waals surface area contributed by atoms with Crippen LogP contribution in [0.3, 0.4) is 0 Å². The van der Waals surface area contributed by atoms with Gasteiger partial charge in [-0.1, -0.05) is 18.2 Å². The van der Waals surface area contributed by atoms with Crippen LogP contribution in [-0.4, -0.2) is 28.2 Å². The number of primary sulfonamides is 1.